The van der Waals surface area contributed by atoms with Gasteiger partial charge >= 0.3 is 0 Å². The maximum absolute atomic E-state index is 13.4. The molecule has 0 saturated heterocycles. The molecule has 0 aliphatic heterocycles. The van der Waals surface area contributed by atoms with E-state index in [0.29, 0.717) is 0 Å². The van der Waals surface area contributed by atoms with Crippen LogP contribution in [0.5, 0.6) is 0 Å². The van der Waals surface area contributed by atoms with Gasteiger partial charge in [-0.2, -0.15) is 4.31 Å². The highest BCUT2D eigenvalue weighted by atomic mass is 32.2. The van der Waals surface area contributed by atoms with Crippen molar-refractivity contribution in [3.8, 4) is 0 Å². The Labute approximate surface area is 116 Å². The lowest BCUT2D eigenvalue weighted by molar-refractivity contribution is 0.257. The number of halogens is 1. The van der Waals surface area contributed by atoms with E-state index in [4.69, 9.17) is 10.8 Å². The molecule has 5 nitrogen and oxygen atoms in total. The van der Waals surface area contributed by atoms with Crippen LogP contribution in [0.2, 0.25) is 0 Å². The molecule has 0 heterocycles. The molecule has 0 atom stereocenters. The number of benzene rings is 1. The smallest absolute Gasteiger partial charge is 0.243 e. The number of likely N-dealkylation sites (N-methyl/N-ethyl adjacent to an activating group) is 1. The van der Waals surface area contributed by atoms with E-state index in [1.807, 2.05) is 0 Å². The summed E-state index contributed by atoms with van der Waals surface area (Å²) in [6, 6.07) is 3.26. The first-order chi connectivity index (χ1) is 8.84. The van der Waals surface area contributed by atoms with Crippen molar-refractivity contribution in [2.45, 2.75) is 11.8 Å². The van der Waals surface area contributed by atoms with Crippen LogP contribution < -0.4 is 5.73 Å². The van der Waals surface area contributed by atoms with Crippen molar-refractivity contribution in [2.75, 3.05) is 19.7 Å². The zero-order valence-electron chi connectivity index (χ0n) is 10.3. The van der Waals surface area contributed by atoms with Crippen LogP contribution in [-0.2, 0) is 10.0 Å². The van der Waals surface area contributed by atoms with Crippen molar-refractivity contribution < 1.29 is 17.9 Å². The molecule has 1 aromatic rings. The molecule has 0 radical (unpaired) electrons. The Bertz CT molecular complexity index is 575. The van der Waals surface area contributed by atoms with Crippen molar-refractivity contribution in [3.63, 3.8) is 0 Å². The molecule has 3 N–H and O–H groups in total. The zero-order chi connectivity index (χ0) is 14.6. The number of nitrogens with two attached hydrogens (primary N) is 1. The average Bonchev–Trinajstić information content (AvgIpc) is 2.35. The molecule has 0 aliphatic carbocycles. The summed E-state index contributed by atoms with van der Waals surface area (Å²) in [6.45, 7) is 1.52. The fourth-order valence-corrected chi connectivity index (χ4v) is 3.19. The molecule has 0 fully saturated rings. The predicted molar refractivity (Wildman–Crippen MR) is 73.8 cm³/mol. The summed E-state index contributed by atoms with van der Waals surface area (Å²) in [6.07, 6.45) is 0. The van der Waals surface area contributed by atoms with Crippen molar-refractivity contribution in [1.29, 1.82) is 0 Å². The van der Waals surface area contributed by atoms with Gasteiger partial charge in [0, 0.05) is 18.7 Å². The summed E-state index contributed by atoms with van der Waals surface area (Å²) in [7, 11) is -3.79. The van der Waals surface area contributed by atoms with Crippen molar-refractivity contribution in [3.05, 3.63) is 29.6 Å². The Morgan fingerprint density at radius 3 is 2.63 bits per heavy atom. The number of aliphatic hydroxyl groups is 1. The Morgan fingerprint density at radius 2 is 2.16 bits per heavy atom. The van der Waals surface area contributed by atoms with Gasteiger partial charge in [-0.3, -0.25) is 0 Å². The minimum absolute atomic E-state index is 0.0292. The summed E-state index contributed by atoms with van der Waals surface area (Å²) < 4.78 is 39.0. The average molecular weight is 306 g/mol. The molecule has 19 heavy (non-hydrogen) atoms. The SMILES string of the molecule is CCN(CCO)S(=O)(=O)c1ccc(F)c(C(N)=S)c1. The molecule has 8 heteroatoms. The topological polar surface area (TPSA) is 83.6 Å². The highest BCUT2D eigenvalue weighted by Gasteiger charge is 2.23. The summed E-state index contributed by atoms with van der Waals surface area (Å²) in [5.41, 5.74) is 5.22. The molecular weight excluding hydrogens is 291 g/mol. The molecule has 0 aliphatic rings. The number of sulfonamides is 1. The number of rotatable bonds is 6. The summed E-state index contributed by atoms with van der Waals surface area (Å²) >= 11 is 4.67. The monoisotopic (exact) mass is 306 g/mol. The van der Waals surface area contributed by atoms with Crippen LogP contribution in [-0.4, -0.2) is 42.5 Å². The Balaban J connectivity index is 3.29. The van der Waals surface area contributed by atoms with E-state index >= 15 is 0 Å². The number of thiocarbonyl (C=S) groups is 1. The van der Waals surface area contributed by atoms with E-state index in [1.54, 1.807) is 6.92 Å². The molecular formula is C11H15FN2O3S2. The van der Waals surface area contributed by atoms with Gasteiger partial charge in [0.2, 0.25) is 10.0 Å². The van der Waals surface area contributed by atoms with E-state index in [0.717, 1.165) is 22.5 Å². The quantitative estimate of drug-likeness (QED) is 0.746. The maximum Gasteiger partial charge on any atom is 0.243 e. The Morgan fingerprint density at radius 1 is 1.53 bits per heavy atom. The molecule has 0 spiro atoms. The second-order valence-corrected chi connectivity index (χ2v) is 6.10. The third-order valence-electron chi connectivity index (χ3n) is 2.54. The van der Waals surface area contributed by atoms with Crippen molar-refractivity contribution in [1.82, 2.24) is 4.31 Å². The van der Waals surface area contributed by atoms with Crippen molar-refractivity contribution in [2.24, 2.45) is 5.73 Å². The van der Waals surface area contributed by atoms with Gasteiger partial charge in [0.05, 0.1) is 11.5 Å². The minimum Gasteiger partial charge on any atom is -0.395 e. The third kappa shape index (κ3) is 3.47. The molecule has 1 aromatic carbocycles. The summed E-state index contributed by atoms with van der Waals surface area (Å²) in [5, 5.41) is 8.86. The largest absolute Gasteiger partial charge is 0.395 e. The first kappa shape index (κ1) is 16.0. The second-order valence-electron chi connectivity index (χ2n) is 3.73. The first-order valence-corrected chi connectivity index (χ1v) is 7.39. The molecule has 0 aromatic heterocycles. The van der Waals surface area contributed by atoms with Crippen LogP contribution in [0.3, 0.4) is 0 Å². The fourth-order valence-electron chi connectivity index (χ4n) is 1.56. The number of aliphatic hydroxyl groups excluding tert-OH is 1. The van der Waals surface area contributed by atoms with Gasteiger partial charge in [0.15, 0.2) is 0 Å². The van der Waals surface area contributed by atoms with Crippen LogP contribution in [0.1, 0.15) is 12.5 Å². The van der Waals surface area contributed by atoms with Gasteiger partial charge in [-0.15, -0.1) is 0 Å². The highest BCUT2D eigenvalue weighted by molar-refractivity contribution is 7.89. The predicted octanol–water partition coefficient (Wildman–Crippen LogP) is 0.463. The molecule has 1 rings (SSSR count). The van der Waals surface area contributed by atoms with E-state index in [2.05, 4.69) is 12.2 Å². The standard InChI is InChI=1S/C11H15FN2O3S2/c1-2-14(5-6-15)19(16,17)8-3-4-10(12)9(7-8)11(13)18/h3-4,7,15H,2,5-6H2,1H3,(H2,13,18). The van der Waals surface area contributed by atoms with Gasteiger partial charge < -0.3 is 10.8 Å². The Kier molecular flexibility index (Phi) is 5.36. The van der Waals surface area contributed by atoms with Crippen LogP contribution >= 0.6 is 12.2 Å². The molecule has 0 unspecified atom stereocenters. The maximum atomic E-state index is 13.4. The van der Waals surface area contributed by atoms with Gasteiger partial charge in [-0.05, 0) is 18.2 Å². The van der Waals surface area contributed by atoms with Gasteiger partial charge in [0.1, 0.15) is 10.8 Å². The van der Waals surface area contributed by atoms with Crippen LogP contribution in [0.25, 0.3) is 0 Å². The summed E-state index contributed by atoms with van der Waals surface area (Å²) in [4.78, 5) is -0.313. The lowest BCUT2D eigenvalue weighted by atomic mass is 10.2. The molecule has 0 saturated carbocycles. The lowest BCUT2D eigenvalue weighted by Gasteiger charge is -2.19. The number of nitrogens with zero attached hydrogens (tertiary/aromatic N) is 1. The number of hydrogen-bond acceptors (Lipinski definition) is 4. The lowest BCUT2D eigenvalue weighted by Crippen LogP contribution is -2.33. The minimum atomic E-state index is -3.79. The van der Waals surface area contributed by atoms with Crippen LogP contribution in [0.4, 0.5) is 4.39 Å². The number of hydrogen-bond donors (Lipinski definition) is 2. The van der Waals surface area contributed by atoms with E-state index in [1.165, 1.54) is 0 Å². The second kappa shape index (κ2) is 6.38. The third-order valence-corrected chi connectivity index (χ3v) is 4.73. The van der Waals surface area contributed by atoms with E-state index < -0.39 is 15.8 Å². The first-order valence-electron chi connectivity index (χ1n) is 5.55. The van der Waals surface area contributed by atoms with E-state index in [9.17, 15) is 12.8 Å². The highest BCUT2D eigenvalue weighted by Crippen LogP contribution is 2.19. The Hall–Kier alpha value is -1.09. The summed E-state index contributed by atoms with van der Waals surface area (Å²) in [5.74, 6) is -0.670. The molecule has 0 amide bonds. The van der Waals surface area contributed by atoms with Gasteiger partial charge in [-0.25, -0.2) is 12.8 Å². The van der Waals surface area contributed by atoms with Crippen LogP contribution in [0, 0.1) is 5.82 Å². The van der Waals surface area contributed by atoms with Crippen molar-refractivity contribution >= 4 is 27.2 Å². The molecule has 106 valence electrons. The molecule has 0 bridgehead atoms. The normalized spacial score (nSPS) is 11.8. The van der Waals surface area contributed by atoms with E-state index in [-0.39, 0.29) is 35.1 Å². The fraction of sp³-hybridized carbons (Fsp3) is 0.364. The zero-order valence-corrected chi connectivity index (χ0v) is 12.0. The van der Waals surface area contributed by atoms with Gasteiger partial charge in [0.25, 0.3) is 0 Å². The van der Waals surface area contributed by atoms with Gasteiger partial charge in [-0.1, -0.05) is 19.1 Å². The van der Waals surface area contributed by atoms with Crippen LogP contribution in [0.15, 0.2) is 23.1 Å².